The van der Waals surface area contributed by atoms with Crippen LogP contribution in [0.1, 0.15) is 106 Å². The van der Waals surface area contributed by atoms with Crippen molar-refractivity contribution in [1.82, 2.24) is 30.5 Å². The number of ketones is 1. The van der Waals surface area contributed by atoms with Gasteiger partial charge in [-0.25, -0.2) is 17.5 Å². The monoisotopic (exact) mass is 746 g/mol. The van der Waals surface area contributed by atoms with Gasteiger partial charge in [-0.1, -0.05) is 59.5 Å². The molecular formula is C38H62N6O7S. The quantitative estimate of drug-likeness (QED) is 0.120. The predicted molar refractivity (Wildman–Crippen MR) is 201 cm³/mol. The second kappa shape index (κ2) is 17.1. The molecule has 0 aromatic rings. The van der Waals surface area contributed by atoms with E-state index in [9.17, 15) is 32.4 Å². The second-order valence-electron chi connectivity index (χ2n) is 17.2. The van der Waals surface area contributed by atoms with Crippen molar-refractivity contribution >= 4 is 39.6 Å². The van der Waals surface area contributed by atoms with Crippen molar-refractivity contribution < 1.29 is 32.4 Å². The number of nitrogens with zero attached hydrogens (tertiary/aromatic N) is 2. The molecule has 1 saturated heterocycles. The van der Waals surface area contributed by atoms with Crippen LogP contribution in [0.25, 0.3) is 0 Å². The highest BCUT2D eigenvalue weighted by Crippen LogP contribution is 2.45. The number of terminal acetylenes is 1. The SMILES string of the molecule is C#CCC(NC(=O)[C@@H]1[C@H]2CCC[C@H]2CN1C(=O)[C@@H](NC(=O)N[C@H](CN(C)S(=O)(=O)C(C)(C)C)C(C)(C)C)C1(C)CCCCC1)C(=O)C(=O)NCC=C. The number of fused-ring (bicyclic) bond motifs is 1. The summed E-state index contributed by atoms with van der Waals surface area (Å²) in [6.45, 7) is 16.6. The number of amides is 5. The third-order valence-corrected chi connectivity index (χ3v) is 13.7. The molecule has 0 radical (unpaired) electrons. The molecule has 0 aromatic heterocycles. The third kappa shape index (κ3) is 9.95. The fourth-order valence-electron chi connectivity index (χ4n) is 7.90. The Bertz CT molecular complexity index is 1500. The van der Waals surface area contributed by atoms with Gasteiger partial charge in [0.1, 0.15) is 18.1 Å². The fourth-order valence-corrected chi connectivity index (χ4v) is 9.18. The summed E-state index contributed by atoms with van der Waals surface area (Å²) in [4.78, 5) is 70.0. The highest BCUT2D eigenvalue weighted by atomic mass is 32.2. The Morgan fingerprint density at radius 2 is 1.63 bits per heavy atom. The van der Waals surface area contributed by atoms with Crippen LogP contribution in [0.2, 0.25) is 0 Å². The maximum atomic E-state index is 14.8. The summed E-state index contributed by atoms with van der Waals surface area (Å²) < 4.78 is 26.6. The van der Waals surface area contributed by atoms with Crippen molar-refractivity contribution in [2.75, 3.05) is 26.7 Å². The van der Waals surface area contributed by atoms with Crippen molar-refractivity contribution in [2.24, 2.45) is 22.7 Å². The van der Waals surface area contributed by atoms with Crippen LogP contribution in [0.4, 0.5) is 4.79 Å². The molecule has 13 nitrogen and oxygen atoms in total. The van der Waals surface area contributed by atoms with Gasteiger partial charge < -0.3 is 26.2 Å². The number of likely N-dealkylation sites (N-methyl/N-ethyl adjacent to an activating group) is 1. The van der Waals surface area contributed by atoms with E-state index >= 15 is 0 Å². The first-order valence-corrected chi connectivity index (χ1v) is 20.0. The number of likely N-dealkylation sites (tertiary alicyclic amines) is 1. The van der Waals surface area contributed by atoms with E-state index in [4.69, 9.17) is 6.42 Å². The van der Waals surface area contributed by atoms with Gasteiger partial charge in [0.05, 0.1) is 4.75 Å². The molecule has 2 aliphatic carbocycles. The van der Waals surface area contributed by atoms with Crippen LogP contribution in [0.5, 0.6) is 0 Å². The Morgan fingerprint density at radius 1 is 1.00 bits per heavy atom. The van der Waals surface area contributed by atoms with E-state index in [2.05, 4.69) is 33.8 Å². The summed E-state index contributed by atoms with van der Waals surface area (Å²) in [5.41, 5.74) is -1.15. The van der Waals surface area contributed by atoms with Gasteiger partial charge in [-0.15, -0.1) is 18.9 Å². The maximum Gasteiger partial charge on any atom is 0.315 e. The van der Waals surface area contributed by atoms with Gasteiger partial charge >= 0.3 is 6.03 Å². The van der Waals surface area contributed by atoms with Gasteiger partial charge in [-0.05, 0) is 69.1 Å². The maximum absolute atomic E-state index is 14.8. The molecule has 5 amide bonds. The predicted octanol–water partition coefficient (Wildman–Crippen LogP) is 3.11. The number of carbonyl (C=O) groups excluding carboxylic acids is 5. The van der Waals surface area contributed by atoms with Crippen LogP contribution < -0.4 is 21.3 Å². The lowest BCUT2D eigenvalue weighted by Gasteiger charge is -2.43. The molecule has 0 bridgehead atoms. The summed E-state index contributed by atoms with van der Waals surface area (Å²) >= 11 is 0. The molecule has 1 aliphatic heterocycles. The standard InChI is InChI=1S/C38H62N6O7S/c1-11-17-27(30(45)33(47)39-22-12-2)40-32(46)29-26-19-16-18-25(26)23-44(29)34(48)31(38(9)20-14-13-15-21-38)42-35(49)41-28(36(3,4)5)24-43(10)52(50,51)37(6,7)8/h1,12,25-29,31H,2,13-24H2,3-10H3,(H,39,47)(H,40,46)(H2,41,42,49)/t25-,26-,27?,28+,29-,31+/m0/s1. The zero-order valence-corrected chi connectivity index (χ0v) is 33.3. The van der Waals surface area contributed by atoms with Gasteiger partial charge in [-0.2, -0.15) is 0 Å². The largest absolute Gasteiger partial charge is 0.346 e. The lowest BCUT2D eigenvalue weighted by Crippen LogP contribution is -2.63. The number of hydrogen-bond donors (Lipinski definition) is 4. The van der Waals surface area contributed by atoms with E-state index in [0.29, 0.717) is 25.8 Å². The average Bonchev–Trinajstić information content (AvgIpc) is 3.66. The van der Waals surface area contributed by atoms with Crippen molar-refractivity contribution in [2.45, 2.75) is 135 Å². The number of sulfonamides is 1. The summed E-state index contributed by atoms with van der Waals surface area (Å²) in [7, 11) is -2.19. The van der Waals surface area contributed by atoms with Gasteiger partial charge in [0.2, 0.25) is 27.6 Å². The first-order valence-electron chi connectivity index (χ1n) is 18.6. The van der Waals surface area contributed by atoms with Gasteiger partial charge in [-0.3, -0.25) is 19.2 Å². The first kappa shape index (κ1) is 43.0. The van der Waals surface area contributed by atoms with Gasteiger partial charge in [0.25, 0.3) is 5.91 Å². The second-order valence-corrected chi connectivity index (χ2v) is 20.0. The molecule has 3 aliphatic rings. The minimum absolute atomic E-state index is 0.0211. The Hall–Kier alpha value is -3.44. The van der Waals surface area contributed by atoms with E-state index < -0.39 is 73.4 Å². The minimum atomic E-state index is -3.69. The highest BCUT2D eigenvalue weighted by Gasteiger charge is 2.53. The molecule has 3 rings (SSSR count). The lowest BCUT2D eigenvalue weighted by molar-refractivity contribution is -0.145. The fraction of sp³-hybridized carbons (Fsp3) is 0.763. The molecule has 6 atom stereocenters. The van der Waals surface area contributed by atoms with Gasteiger partial charge in [0, 0.05) is 39.1 Å². The van der Waals surface area contributed by atoms with E-state index in [0.717, 1.165) is 32.1 Å². The van der Waals surface area contributed by atoms with Crippen molar-refractivity contribution in [1.29, 1.82) is 0 Å². The molecule has 1 heterocycles. The molecule has 3 fully saturated rings. The molecule has 2 saturated carbocycles. The van der Waals surface area contributed by atoms with Crippen LogP contribution in [0.3, 0.4) is 0 Å². The Kier molecular flexibility index (Phi) is 14.2. The van der Waals surface area contributed by atoms with E-state index in [1.165, 1.54) is 17.4 Å². The number of carbonyl (C=O) groups is 5. The zero-order valence-electron chi connectivity index (χ0n) is 32.5. The van der Waals surface area contributed by atoms with E-state index in [1.807, 2.05) is 27.7 Å². The topological polar surface area (TPSA) is 174 Å². The number of urea groups is 1. The lowest BCUT2D eigenvalue weighted by atomic mass is 9.70. The summed E-state index contributed by atoms with van der Waals surface area (Å²) in [5.74, 6) is -0.426. The van der Waals surface area contributed by atoms with Crippen LogP contribution >= 0.6 is 0 Å². The van der Waals surface area contributed by atoms with Crippen molar-refractivity contribution in [3.05, 3.63) is 12.7 Å². The normalized spacial score (nSPS) is 23.4. The number of Topliss-reactive ketones (excluding diaryl/α,β-unsaturated/α-hetero) is 1. The van der Waals surface area contributed by atoms with Crippen molar-refractivity contribution in [3.63, 3.8) is 0 Å². The molecule has 14 heteroatoms. The van der Waals surface area contributed by atoms with Crippen LogP contribution in [0.15, 0.2) is 12.7 Å². The summed E-state index contributed by atoms with van der Waals surface area (Å²) in [6, 6.07) is -4.38. The molecule has 0 spiro atoms. The molecule has 0 aromatic carbocycles. The molecule has 4 N–H and O–H groups in total. The van der Waals surface area contributed by atoms with Gasteiger partial charge in [0.15, 0.2) is 0 Å². The molecule has 1 unspecified atom stereocenters. The number of hydrogen-bond acceptors (Lipinski definition) is 7. The molecular weight excluding hydrogens is 685 g/mol. The Labute approximate surface area is 311 Å². The van der Waals surface area contributed by atoms with Crippen molar-refractivity contribution in [3.8, 4) is 12.3 Å². The molecule has 292 valence electrons. The van der Waals surface area contributed by atoms with Crippen LogP contribution in [-0.2, 0) is 29.2 Å². The van der Waals surface area contributed by atoms with E-state index in [-0.39, 0.29) is 37.3 Å². The third-order valence-electron chi connectivity index (χ3n) is 11.2. The highest BCUT2D eigenvalue weighted by molar-refractivity contribution is 7.90. The molecule has 52 heavy (non-hydrogen) atoms. The number of nitrogens with one attached hydrogen (secondary N) is 4. The minimum Gasteiger partial charge on any atom is -0.346 e. The average molecular weight is 747 g/mol. The zero-order chi connectivity index (χ0) is 39.2. The summed E-state index contributed by atoms with van der Waals surface area (Å²) in [5, 5.41) is 11.1. The Balaban J connectivity index is 1.92. The van der Waals surface area contributed by atoms with Crippen LogP contribution in [0, 0.1) is 35.0 Å². The summed E-state index contributed by atoms with van der Waals surface area (Å²) in [6.07, 6.45) is 13.3. The van der Waals surface area contributed by atoms with E-state index in [1.54, 1.807) is 25.7 Å². The number of rotatable bonds is 14. The first-order chi connectivity index (χ1) is 24.1. The Morgan fingerprint density at radius 3 is 2.19 bits per heavy atom. The smallest absolute Gasteiger partial charge is 0.315 e. The van der Waals surface area contributed by atoms with Crippen LogP contribution in [-0.4, -0.2) is 103 Å².